The van der Waals surface area contributed by atoms with E-state index in [1.54, 1.807) is 6.07 Å². The summed E-state index contributed by atoms with van der Waals surface area (Å²) in [4.78, 5) is 18.1. The summed E-state index contributed by atoms with van der Waals surface area (Å²) < 4.78 is 0. The van der Waals surface area contributed by atoms with Gasteiger partial charge in [-0.05, 0) is 6.07 Å². The van der Waals surface area contributed by atoms with Crippen molar-refractivity contribution in [2.24, 2.45) is 5.84 Å². The highest BCUT2D eigenvalue weighted by molar-refractivity contribution is 7.99. The molecule has 7 heteroatoms. The number of amides is 1. The molecule has 0 aliphatic carbocycles. The number of carbonyl (C=O) groups is 1. The van der Waals surface area contributed by atoms with Gasteiger partial charge in [0.1, 0.15) is 0 Å². The van der Waals surface area contributed by atoms with Gasteiger partial charge in [0.05, 0.1) is 10.6 Å². The van der Waals surface area contributed by atoms with Crippen molar-refractivity contribution in [3.63, 3.8) is 0 Å². The van der Waals surface area contributed by atoms with Crippen molar-refractivity contribution < 1.29 is 4.79 Å². The molecule has 1 unspecified atom stereocenters. The first-order chi connectivity index (χ1) is 8.61. The molecule has 0 spiro atoms. The average molecular weight is 287 g/mol. The summed E-state index contributed by atoms with van der Waals surface area (Å²) in [7, 11) is 0. The first-order valence-electron chi connectivity index (χ1n) is 5.65. The molecule has 2 rings (SSSR count). The second kappa shape index (κ2) is 5.77. The quantitative estimate of drug-likeness (QED) is 0.638. The van der Waals surface area contributed by atoms with Crippen molar-refractivity contribution in [2.75, 3.05) is 24.3 Å². The minimum absolute atomic E-state index is 0.0277. The molecule has 5 nitrogen and oxygen atoms in total. The fourth-order valence-corrected chi connectivity index (χ4v) is 3.08. The van der Waals surface area contributed by atoms with E-state index in [0.29, 0.717) is 21.7 Å². The van der Waals surface area contributed by atoms with Crippen LogP contribution in [0.5, 0.6) is 0 Å². The minimum Gasteiger partial charge on any atom is -0.337 e. The fraction of sp³-hybridized carbons (Fsp3) is 0.455. The molecule has 1 saturated heterocycles. The Morgan fingerprint density at radius 1 is 1.72 bits per heavy atom. The number of aromatic nitrogens is 1. The number of nitrogens with zero attached hydrogens (tertiary/aromatic N) is 2. The van der Waals surface area contributed by atoms with Gasteiger partial charge in [-0.3, -0.25) is 4.79 Å². The summed E-state index contributed by atoms with van der Waals surface area (Å²) in [6.45, 7) is 3.65. The van der Waals surface area contributed by atoms with Gasteiger partial charge in [-0.15, -0.1) is 0 Å². The first kappa shape index (κ1) is 13.5. The number of hydrogen-bond donors (Lipinski definition) is 2. The molecule has 98 valence electrons. The van der Waals surface area contributed by atoms with Gasteiger partial charge in [-0.25, -0.2) is 10.8 Å². The van der Waals surface area contributed by atoms with Gasteiger partial charge in [-0.2, -0.15) is 11.8 Å². The standard InChI is InChI=1S/C11H15ClN4OS/c1-7-6-16(2-3-18-7)11(17)8-4-9(12)10(15-13)14-5-8/h4-5,7H,2-3,6,13H2,1H3,(H,14,15). The fourth-order valence-electron chi connectivity index (χ4n) is 1.85. The van der Waals surface area contributed by atoms with Crippen LogP contribution in [0.4, 0.5) is 5.82 Å². The smallest absolute Gasteiger partial charge is 0.255 e. The predicted molar refractivity (Wildman–Crippen MR) is 74.9 cm³/mol. The molecule has 0 aromatic carbocycles. The second-order valence-electron chi connectivity index (χ2n) is 4.13. The Labute approximate surface area is 115 Å². The van der Waals surface area contributed by atoms with Gasteiger partial charge in [0, 0.05) is 30.3 Å². The van der Waals surface area contributed by atoms with Crippen LogP contribution in [-0.2, 0) is 0 Å². The van der Waals surface area contributed by atoms with Crippen LogP contribution < -0.4 is 11.3 Å². The molecule has 1 aromatic rings. The van der Waals surface area contributed by atoms with Crippen molar-refractivity contribution in [3.05, 3.63) is 22.8 Å². The van der Waals surface area contributed by atoms with Crippen molar-refractivity contribution in [1.29, 1.82) is 0 Å². The molecule has 0 saturated carbocycles. The average Bonchev–Trinajstić information content (AvgIpc) is 2.37. The maximum absolute atomic E-state index is 12.3. The van der Waals surface area contributed by atoms with Gasteiger partial charge < -0.3 is 10.3 Å². The van der Waals surface area contributed by atoms with E-state index in [-0.39, 0.29) is 5.91 Å². The Kier molecular flexibility index (Phi) is 4.31. The third kappa shape index (κ3) is 2.88. The normalized spacial score (nSPS) is 19.7. The lowest BCUT2D eigenvalue weighted by molar-refractivity contribution is 0.0763. The predicted octanol–water partition coefficient (Wildman–Crippen LogP) is 1.60. The highest BCUT2D eigenvalue weighted by Crippen LogP contribution is 2.22. The number of hydrazine groups is 1. The third-order valence-electron chi connectivity index (χ3n) is 2.75. The van der Waals surface area contributed by atoms with Crippen LogP contribution in [0.2, 0.25) is 5.02 Å². The topological polar surface area (TPSA) is 71.2 Å². The largest absolute Gasteiger partial charge is 0.337 e. The zero-order valence-electron chi connectivity index (χ0n) is 10.0. The van der Waals surface area contributed by atoms with E-state index in [0.717, 1.165) is 18.8 Å². The molecule has 18 heavy (non-hydrogen) atoms. The number of hydrogen-bond acceptors (Lipinski definition) is 5. The Morgan fingerprint density at radius 2 is 2.50 bits per heavy atom. The summed E-state index contributed by atoms with van der Waals surface area (Å²) >= 11 is 7.84. The highest BCUT2D eigenvalue weighted by Gasteiger charge is 2.23. The van der Waals surface area contributed by atoms with Crippen LogP contribution in [0.15, 0.2) is 12.3 Å². The van der Waals surface area contributed by atoms with E-state index < -0.39 is 0 Å². The Bertz CT molecular complexity index is 457. The molecule has 1 amide bonds. The van der Waals surface area contributed by atoms with Gasteiger partial charge >= 0.3 is 0 Å². The maximum Gasteiger partial charge on any atom is 0.255 e. The van der Waals surface area contributed by atoms with E-state index >= 15 is 0 Å². The zero-order chi connectivity index (χ0) is 13.1. The lowest BCUT2D eigenvalue weighted by Gasteiger charge is -2.30. The summed E-state index contributed by atoms with van der Waals surface area (Å²) in [5.41, 5.74) is 2.87. The van der Waals surface area contributed by atoms with Crippen LogP contribution in [0, 0.1) is 0 Å². The van der Waals surface area contributed by atoms with Crippen LogP contribution in [0.1, 0.15) is 17.3 Å². The number of nitrogens with one attached hydrogen (secondary N) is 1. The molecule has 3 N–H and O–H groups in total. The number of thioether (sulfide) groups is 1. The number of carbonyl (C=O) groups excluding carboxylic acids is 1. The lowest BCUT2D eigenvalue weighted by atomic mass is 10.2. The van der Waals surface area contributed by atoms with Crippen LogP contribution in [0.3, 0.4) is 0 Å². The van der Waals surface area contributed by atoms with Gasteiger partial charge in [0.15, 0.2) is 5.82 Å². The molecule has 1 aliphatic heterocycles. The second-order valence-corrected chi connectivity index (χ2v) is 6.08. The molecular formula is C11H15ClN4OS. The molecule has 0 bridgehead atoms. The van der Waals surface area contributed by atoms with E-state index in [2.05, 4.69) is 17.3 Å². The number of pyridine rings is 1. The van der Waals surface area contributed by atoms with Gasteiger partial charge in [0.2, 0.25) is 0 Å². The SMILES string of the molecule is CC1CN(C(=O)c2cnc(NN)c(Cl)c2)CCS1. The number of rotatable bonds is 2. The van der Waals surface area contributed by atoms with Crippen LogP contribution in [-0.4, -0.2) is 39.9 Å². The summed E-state index contributed by atoms with van der Waals surface area (Å²) in [5, 5.41) is 0.818. The summed E-state index contributed by atoms with van der Waals surface area (Å²) in [5.74, 6) is 6.55. The Morgan fingerprint density at radius 3 is 3.11 bits per heavy atom. The zero-order valence-corrected chi connectivity index (χ0v) is 11.6. The van der Waals surface area contributed by atoms with Crippen molar-refractivity contribution in [1.82, 2.24) is 9.88 Å². The van der Waals surface area contributed by atoms with Gasteiger partial charge in [-0.1, -0.05) is 18.5 Å². The van der Waals surface area contributed by atoms with Crippen LogP contribution in [0.25, 0.3) is 0 Å². The molecule has 1 fully saturated rings. The van der Waals surface area contributed by atoms with E-state index in [4.69, 9.17) is 17.4 Å². The molecule has 0 radical (unpaired) electrons. The van der Waals surface area contributed by atoms with E-state index in [1.807, 2.05) is 16.7 Å². The minimum atomic E-state index is -0.0277. The van der Waals surface area contributed by atoms with Crippen molar-refractivity contribution >= 4 is 35.1 Å². The van der Waals surface area contributed by atoms with E-state index in [1.165, 1.54) is 6.20 Å². The number of anilines is 1. The monoisotopic (exact) mass is 286 g/mol. The Balaban J connectivity index is 2.15. The molecule has 1 aliphatic rings. The molecular weight excluding hydrogens is 272 g/mol. The molecule has 1 atom stereocenters. The number of nitrogens with two attached hydrogens (primary N) is 1. The Hall–Kier alpha value is -0.980. The number of halogens is 1. The third-order valence-corrected chi connectivity index (χ3v) is 4.18. The first-order valence-corrected chi connectivity index (χ1v) is 7.07. The maximum atomic E-state index is 12.3. The van der Waals surface area contributed by atoms with Gasteiger partial charge in [0.25, 0.3) is 5.91 Å². The van der Waals surface area contributed by atoms with Crippen molar-refractivity contribution in [2.45, 2.75) is 12.2 Å². The molecule has 1 aromatic heterocycles. The summed E-state index contributed by atoms with van der Waals surface area (Å²) in [6, 6.07) is 1.60. The highest BCUT2D eigenvalue weighted by atomic mass is 35.5. The summed E-state index contributed by atoms with van der Waals surface area (Å²) in [6.07, 6.45) is 1.50. The van der Waals surface area contributed by atoms with Crippen LogP contribution >= 0.6 is 23.4 Å². The van der Waals surface area contributed by atoms with Crippen molar-refractivity contribution in [3.8, 4) is 0 Å². The number of nitrogen functional groups attached to an aromatic ring is 1. The van der Waals surface area contributed by atoms with E-state index in [9.17, 15) is 4.79 Å². The lowest BCUT2D eigenvalue weighted by Crippen LogP contribution is -2.41. The molecule has 2 heterocycles.